The first-order chi connectivity index (χ1) is 26.8. The average molecular weight is 722 g/mol. The largest absolute Gasteiger partial charge is 0.208 e. The molecule has 0 unspecified atom stereocenters. The number of nitrogens with zero attached hydrogens (tertiary/aromatic N) is 3. The number of benzene rings is 9. The molecule has 3 heterocycles. The Labute approximate surface area is 317 Å². The summed E-state index contributed by atoms with van der Waals surface area (Å²) in [6.07, 6.45) is 0. The minimum Gasteiger partial charge on any atom is -0.208 e. The van der Waals surface area contributed by atoms with Gasteiger partial charge in [0.1, 0.15) is 0 Å². The number of aromatic nitrogens is 3. The van der Waals surface area contributed by atoms with E-state index in [1.54, 1.807) is 0 Å². The molecule has 0 N–H and O–H groups in total. The lowest BCUT2D eigenvalue weighted by atomic mass is 9.89. The molecule has 0 aliphatic rings. The highest BCUT2D eigenvalue weighted by Gasteiger charge is 2.24. The highest BCUT2D eigenvalue weighted by Crippen LogP contribution is 2.49. The van der Waals surface area contributed by atoms with Crippen molar-refractivity contribution in [1.29, 1.82) is 0 Å². The molecule has 0 saturated carbocycles. The summed E-state index contributed by atoms with van der Waals surface area (Å²) in [5.41, 5.74) is 3.02. The van der Waals surface area contributed by atoms with Crippen LogP contribution in [0.3, 0.4) is 0 Å². The molecule has 12 rings (SSSR count). The third kappa shape index (κ3) is 4.37. The molecule has 0 bridgehead atoms. The van der Waals surface area contributed by atoms with Gasteiger partial charge in [-0.25, -0.2) is 15.0 Å². The molecule has 0 spiro atoms. The standard InChI is InChI=1S/C49H27N3S2/c1-2-13-28(14-3-1)47-50-48(36-22-12-24-40-43(36)35-21-10-11-23-39(35)53-40)52-49(51-47)46-44-34-20-9-8-18-32(34)31-17-6-7-19-33(31)37(44)27-42-45(46)38-25-29-15-4-5-16-30(29)26-41(38)54-42/h1-27H. The van der Waals surface area contributed by atoms with Gasteiger partial charge in [0.05, 0.1) is 0 Å². The summed E-state index contributed by atoms with van der Waals surface area (Å²) < 4.78 is 4.94. The zero-order chi connectivity index (χ0) is 35.3. The molecule has 0 atom stereocenters. The molecule has 3 aromatic heterocycles. The van der Waals surface area contributed by atoms with Crippen LogP contribution < -0.4 is 0 Å². The normalized spacial score (nSPS) is 12.1. The van der Waals surface area contributed by atoms with Gasteiger partial charge in [0.25, 0.3) is 0 Å². The van der Waals surface area contributed by atoms with Gasteiger partial charge in [-0.2, -0.15) is 0 Å². The molecule has 0 radical (unpaired) electrons. The van der Waals surface area contributed by atoms with Crippen molar-refractivity contribution in [3.8, 4) is 34.2 Å². The lowest BCUT2D eigenvalue weighted by molar-refractivity contribution is 1.08. The topological polar surface area (TPSA) is 38.7 Å². The van der Waals surface area contributed by atoms with E-state index in [1.165, 1.54) is 83.4 Å². The summed E-state index contributed by atoms with van der Waals surface area (Å²) in [7, 11) is 0. The summed E-state index contributed by atoms with van der Waals surface area (Å²) in [6.45, 7) is 0. The maximum Gasteiger partial charge on any atom is 0.165 e. The van der Waals surface area contributed by atoms with E-state index in [-0.39, 0.29) is 0 Å². The molecular weight excluding hydrogens is 695 g/mol. The quantitative estimate of drug-likeness (QED) is 0.171. The second-order valence-electron chi connectivity index (χ2n) is 13.9. The van der Waals surface area contributed by atoms with Gasteiger partial charge in [0, 0.05) is 62.4 Å². The van der Waals surface area contributed by atoms with Gasteiger partial charge >= 0.3 is 0 Å². The summed E-state index contributed by atoms with van der Waals surface area (Å²) in [6, 6.07) is 58.9. The van der Waals surface area contributed by atoms with Crippen molar-refractivity contribution in [2.75, 3.05) is 0 Å². The molecule has 54 heavy (non-hydrogen) atoms. The summed E-state index contributed by atoms with van der Waals surface area (Å²) in [5.74, 6) is 2.01. The second-order valence-corrected chi connectivity index (χ2v) is 16.1. The SMILES string of the molecule is c1ccc(-c2nc(-c3cccc4sc5ccccc5c34)nc(-c3c4c(cc5c6ccccc6c6ccccc6c35)sc3cc5ccccc5cc34)n2)cc1. The molecule has 0 aliphatic carbocycles. The second kappa shape index (κ2) is 11.5. The highest BCUT2D eigenvalue weighted by molar-refractivity contribution is 7.26. The Bertz CT molecular complexity index is 3510. The summed E-state index contributed by atoms with van der Waals surface area (Å²) >= 11 is 3.66. The van der Waals surface area contributed by atoms with Crippen LogP contribution in [0.15, 0.2) is 164 Å². The maximum absolute atomic E-state index is 5.56. The Morgan fingerprint density at radius 2 is 0.907 bits per heavy atom. The van der Waals surface area contributed by atoms with Crippen LogP contribution in [0.25, 0.3) is 118 Å². The van der Waals surface area contributed by atoms with Crippen molar-refractivity contribution < 1.29 is 0 Å². The van der Waals surface area contributed by atoms with Crippen molar-refractivity contribution in [3.05, 3.63) is 164 Å². The lowest BCUT2D eigenvalue weighted by Crippen LogP contribution is -2.01. The van der Waals surface area contributed by atoms with Crippen molar-refractivity contribution in [2.24, 2.45) is 0 Å². The fourth-order valence-corrected chi connectivity index (χ4v) is 10.8. The first kappa shape index (κ1) is 30.0. The molecule has 0 amide bonds. The maximum atomic E-state index is 5.56. The number of fused-ring (bicyclic) bond motifs is 13. The van der Waals surface area contributed by atoms with Crippen molar-refractivity contribution in [3.63, 3.8) is 0 Å². The van der Waals surface area contributed by atoms with Gasteiger partial charge in [-0.3, -0.25) is 0 Å². The smallest absolute Gasteiger partial charge is 0.165 e. The molecule has 12 aromatic rings. The number of thiophene rings is 2. The Hall–Kier alpha value is -6.53. The van der Waals surface area contributed by atoms with Crippen LogP contribution in [-0.4, -0.2) is 15.0 Å². The third-order valence-electron chi connectivity index (χ3n) is 10.9. The lowest BCUT2D eigenvalue weighted by Gasteiger charge is -2.16. The third-order valence-corrected chi connectivity index (χ3v) is 13.1. The fourth-order valence-electron chi connectivity index (χ4n) is 8.51. The van der Waals surface area contributed by atoms with Crippen molar-refractivity contribution in [2.45, 2.75) is 0 Å². The highest BCUT2D eigenvalue weighted by atomic mass is 32.1. The minimum absolute atomic E-state index is 0.660. The van der Waals surface area contributed by atoms with E-state index in [0.717, 1.165) is 16.7 Å². The molecule has 5 heteroatoms. The fraction of sp³-hybridized carbons (Fsp3) is 0. The van der Waals surface area contributed by atoms with Gasteiger partial charge in [0.2, 0.25) is 0 Å². The van der Waals surface area contributed by atoms with Gasteiger partial charge in [-0.05, 0) is 68.0 Å². The Balaban J connectivity index is 1.30. The first-order valence-corrected chi connectivity index (χ1v) is 19.7. The Morgan fingerprint density at radius 3 is 1.72 bits per heavy atom. The van der Waals surface area contributed by atoms with Crippen LogP contribution in [-0.2, 0) is 0 Å². The molecule has 250 valence electrons. The monoisotopic (exact) mass is 721 g/mol. The van der Waals surface area contributed by atoms with Crippen molar-refractivity contribution >= 4 is 106 Å². The molecule has 3 nitrogen and oxygen atoms in total. The number of hydrogen-bond donors (Lipinski definition) is 0. The van der Waals surface area contributed by atoms with E-state index in [4.69, 9.17) is 15.0 Å². The van der Waals surface area contributed by atoms with E-state index in [1.807, 2.05) is 28.7 Å². The number of rotatable bonds is 3. The van der Waals surface area contributed by atoms with Crippen LogP contribution >= 0.6 is 22.7 Å². The van der Waals surface area contributed by atoms with Crippen LogP contribution in [0.1, 0.15) is 0 Å². The molecule has 0 fully saturated rings. The van der Waals surface area contributed by atoms with E-state index >= 15 is 0 Å². The predicted molar refractivity (Wildman–Crippen MR) is 232 cm³/mol. The molecule has 9 aromatic carbocycles. The van der Waals surface area contributed by atoms with Crippen LogP contribution in [0.2, 0.25) is 0 Å². The molecule has 0 aliphatic heterocycles. The van der Waals surface area contributed by atoms with E-state index in [9.17, 15) is 0 Å². The Morgan fingerprint density at radius 1 is 0.315 bits per heavy atom. The van der Waals surface area contributed by atoms with Crippen LogP contribution in [0, 0.1) is 0 Å². The Kier molecular flexibility index (Phi) is 6.38. The van der Waals surface area contributed by atoms with Gasteiger partial charge in [-0.15, -0.1) is 22.7 Å². The average Bonchev–Trinajstić information content (AvgIpc) is 3.80. The van der Waals surface area contributed by atoms with Crippen LogP contribution in [0.5, 0.6) is 0 Å². The van der Waals surface area contributed by atoms with E-state index in [2.05, 4.69) is 158 Å². The summed E-state index contributed by atoms with van der Waals surface area (Å²) in [5, 5.41) is 14.5. The minimum atomic E-state index is 0.660. The predicted octanol–water partition coefficient (Wildman–Crippen LogP) is 14.2. The number of hydrogen-bond acceptors (Lipinski definition) is 5. The van der Waals surface area contributed by atoms with Crippen molar-refractivity contribution in [1.82, 2.24) is 15.0 Å². The molecule has 0 saturated heterocycles. The summed E-state index contributed by atoms with van der Waals surface area (Å²) in [4.78, 5) is 16.3. The zero-order valence-electron chi connectivity index (χ0n) is 28.7. The van der Waals surface area contributed by atoms with E-state index < -0.39 is 0 Å². The van der Waals surface area contributed by atoms with Gasteiger partial charge < -0.3 is 0 Å². The van der Waals surface area contributed by atoms with Gasteiger partial charge in [0.15, 0.2) is 17.5 Å². The molecular formula is C49H27N3S2. The van der Waals surface area contributed by atoms with Gasteiger partial charge in [-0.1, -0.05) is 133 Å². The van der Waals surface area contributed by atoms with Crippen LogP contribution in [0.4, 0.5) is 0 Å². The zero-order valence-corrected chi connectivity index (χ0v) is 30.4. The van der Waals surface area contributed by atoms with E-state index in [0.29, 0.717) is 17.5 Å². The first-order valence-electron chi connectivity index (χ1n) is 18.1.